The molecule has 0 spiro atoms. The maximum absolute atomic E-state index is 12.3. The lowest BCUT2D eigenvalue weighted by Gasteiger charge is -2.16. The number of fused-ring (bicyclic) bond motifs is 1. The second-order valence-electron chi connectivity index (χ2n) is 12.7. The lowest BCUT2D eigenvalue weighted by molar-refractivity contribution is -0.144. The molecule has 0 aliphatic rings. The van der Waals surface area contributed by atoms with Crippen LogP contribution in [0.4, 0.5) is 0 Å². The van der Waals surface area contributed by atoms with Gasteiger partial charge in [0.15, 0.2) is 11.5 Å². The summed E-state index contributed by atoms with van der Waals surface area (Å²) in [5.41, 5.74) is 2.94. The van der Waals surface area contributed by atoms with Crippen LogP contribution >= 0.6 is 11.6 Å². The fourth-order valence-corrected chi connectivity index (χ4v) is 5.60. The molecule has 0 unspecified atom stereocenters. The van der Waals surface area contributed by atoms with E-state index in [9.17, 15) is 9.59 Å². The van der Waals surface area contributed by atoms with Crippen molar-refractivity contribution in [2.75, 3.05) is 6.54 Å². The number of aromatic amines is 1. The summed E-state index contributed by atoms with van der Waals surface area (Å²) < 4.78 is 7.03. The lowest BCUT2D eigenvalue weighted by Crippen LogP contribution is -2.26. The van der Waals surface area contributed by atoms with Crippen LogP contribution in [0.2, 0.25) is 5.02 Å². The van der Waals surface area contributed by atoms with E-state index in [-0.39, 0.29) is 36.9 Å². The van der Waals surface area contributed by atoms with E-state index in [1.54, 1.807) is 4.63 Å². The lowest BCUT2D eigenvalue weighted by atomic mass is 9.92. The summed E-state index contributed by atoms with van der Waals surface area (Å²) in [7, 11) is 0. The van der Waals surface area contributed by atoms with E-state index < -0.39 is 0 Å². The second kappa shape index (κ2) is 18.1. The van der Waals surface area contributed by atoms with E-state index in [1.165, 1.54) is 70.6 Å². The zero-order chi connectivity index (χ0) is 31.1. The Morgan fingerprint density at radius 2 is 1.56 bits per heavy atom. The number of halogens is 1. The molecule has 9 heteroatoms. The molecule has 1 amide bonds. The maximum atomic E-state index is 12.3. The Kier molecular flexibility index (Phi) is 14.5. The number of nitrogens with zero attached hydrogens (tertiary/aromatic N) is 3. The highest BCUT2D eigenvalue weighted by atomic mass is 35.5. The van der Waals surface area contributed by atoms with Gasteiger partial charge >= 0.3 is 5.97 Å². The number of unbranched alkanes of at least 4 members (excludes halogenated alkanes) is 12. The van der Waals surface area contributed by atoms with E-state index >= 15 is 0 Å². The average molecular weight is 614 g/mol. The van der Waals surface area contributed by atoms with Crippen LogP contribution in [0.3, 0.4) is 0 Å². The van der Waals surface area contributed by atoms with Crippen LogP contribution in [0.1, 0.15) is 135 Å². The zero-order valence-corrected chi connectivity index (χ0v) is 27.5. The summed E-state index contributed by atoms with van der Waals surface area (Å²) in [6, 6.07) is 7.58. The zero-order valence-electron chi connectivity index (χ0n) is 26.8. The average Bonchev–Trinajstić information content (AvgIpc) is 3.54. The fourth-order valence-electron chi connectivity index (χ4n) is 5.15. The molecule has 0 atom stereocenters. The number of carbonyl (C=O) groups excluding carboxylic acids is 2. The molecule has 8 nitrogen and oxygen atoms in total. The summed E-state index contributed by atoms with van der Waals surface area (Å²) in [5, 5.41) is 11.2. The molecule has 43 heavy (non-hydrogen) atoms. The summed E-state index contributed by atoms with van der Waals surface area (Å²) in [6.07, 6.45) is 17.3. The number of esters is 1. The molecule has 2 N–H and O–H groups in total. The molecule has 0 aliphatic carbocycles. The van der Waals surface area contributed by atoms with Crippen molar-refractivity contribution >= 4 is 29.1 Å². The van der Waals surface area contributed by atoms with Gasteiger partial charge in [0, 0.05) is 23.9 Å². The van der Waals surface area contributed by atoms with Crippen LogP contribution in [0.15, 0.2) is 24.3 Å². The van der Waals surface area contributed by atoms with Gasteiger partial charge < -0.3 is 10.1 Å². The van der Waals surface area contributed by atoms with Gasteiger partial charge in [-0.2, -0.15) is 4.63 Å². The predicted octanol–water partition coefficient (Wildman–Crippen LogP) is 8.71. The van der Waals surface area contributed by atoms with Gasteiger partial charge in [-0.25, -0.2) is 4.98 Å². The molecule has 0 bridgehead atoms. The summed E-state index contributed by atoms with van der Waals surface area (Å²) in [6.45, 7) is 8.91. The molecule has 0 saturated heterocycles. The third-order valence-corrected chi connectivity index (χ3v) is 8.09. The Hall–Kier alpha value is -2.87. The molecular weight excluding hydrogens is 562 g/mol. The van der Waals surface area contributed by atoms with Crippen LogP contribution in [-0.2, 0) is 26.3 Å². The van der Waals surface area contributed by atoms with E-state index in [2.05, 4.69) is 48.2 Å². The smallest absolute Gasteiger partial charge is 0.307 e. The highest BCUT2D eigenvalue weighted by molar-refractivity contribution is 6.34. The normalized spacial score (nSPS) is 11.7. The monoisotopic (exact) mass is 613 g/mol. The first kappa shape index (κ1) is 34.6. The Labute approximate surface area is 262 Å². The third kappa shape index (κ3) is 12.0. The Morgan fingerprint density at radius 3 is 2.16 bits per heavy atom. The van der Waals surface area contributed by atoms with Crippen LogP contribution in [0, 0.1) is 0 Å². The van der Waals surface area contributed by atoms with Crippen molar-refractivity contribution in [3.63, 3.8) is 0 Å². The molecule has 238 valence electrons. The predicted molar refractivity (Wildman–Crippen MR) is 174 cm³/mol. The molecule has 3 rings (SSSR count). The van der Waals surface area contributed by atoms with E-state index in [1.807, 2.05) is 24.3 Å². The van der Waals surface area contributed by atoms with Gasteiger partial charge in [-0.05, 0) is 18.1 Å². The molecule has 0 saturated carbocycles. The first-order valence-corrected chi connectivity index (χ1v) is 16.7. The second-order valence-corrected chi connectivity index (χ2v) is 13.1. The number of aromatic nitrogens is 4. The number of ether oxygens (including phenoxy) is 1. The largest absolute Gasteiger partial charge is 0.461 e. The Bertz CT molecular complexity index is 1280. The Balaban J connectivity index is 1.25. The summed E-state index contributed by atoms with van der Waals surface area (Å²) >= 11 is 6.56. The fraction of sp³-hybridized carbons (Fsp3) is 0.647. The van der Waals surface area contributed by atoms with Gasteiger partial charge in [0.25, 0.3) is 0 Å². The van der Waals surface area contributed by atoms with Crippen LogP contribution in [-0.4, -0.2) is 38.2 Å². The van der Waals surface area contributed by atoms with E-state index in [4.69, 9.17) is 16.3 Å². The van der Waals surface area contributed by atoms with Crippen molar-refractivity contribution in [1.29, 1.82) is 0 Å². The molecule has 3 aromatic rings. The molecule has 1 aromatic carbocycles. The van der Waals surface area contributed by atoms with Crippen molar-refractivity contribution in [3.8, 4) is 11.4 Å². The number of rotatable bonds is 20. The third-order valence-electron chi connectivity index (χ3n) is 7.73. The number of hydrogen-bond acceptors (Lipinski definition) is 5. The summed E-state index contributed by atoms with van der Waals surface area (Å²) in [5.74, 6) is 0.191. The highest BCUT2D eigenvalue weighted by Crippen LogP contribution is 2.32. The van der Waals surface area contributed by atoms with E-state index in [0.29, 0.717) is 22.9 Å². The topological polar surface area (TPSA) is 101 Å². The van der Waals surface area contributed by atoms with Crippen molar-refractivity contribution in [2.45, 2.75) is 136 Å². The van der Waals surface area contributed by atoms with Gasteiger partial charge in [0.05, 0.1) is 12.1 Å². The van der Waals surface area contributed by atoms with Crippen molar-refractivity contribution in [1.82, 2.24) is 25.1 Å². The van der Waals surface area contributed by atoms with Gasteiger partial charge in [-0.3, -0.25) is 14.7 Å². The number of carbonyl (C=O) groups is 2. The highest BCUT2D eigenvalue weighted by Gasteiger charge is 2.24. The standard InChI is InChI=1S/C34H52ClN5O3/c1-5-6-7-8-9-10-11-12-13-14-15-16-17-21-28(41)36-23-22-29(42)43-25-26-19-18-20-27(24-26)32-37-33-30(35)31(34(2,3)4)38-40(33)39-32/h18-20,24,38H,5-17,21-23,25H2,1-4H3,(H,36,41). The quantitative estimate of drug-likeness (QED) is 0.0980. The Morgan fingerprint density at radius 1 is 0.930 bits per heavy atom. The molecular formula is C34H52ClN5O3. The number of benzene rings is 1. The minimum atomic E-state index is -0.346. The van der Waals surface area contributed by atoms with Gasteiger partial charge in [0.2, 0.25) is 5.91 Å². The molecule has 2 heterocycles. The minimum Gasteiger partial charge on any atom is -0.461 e. The van der Waals surface area contributed by atoms with Crippen molar-refractivity contribution < 1.29 is 14.3 Å². The first-order chi connectivity index (χ1) is 20.7. The number of hydrogen-bond donors (Lipinski definition) is 2. The van der Waals surface area contributed by atoms with Crippen molar-refractivity contribution in [3.05, 3.63) is 40.5 Å². The molecule has 0 fully saturated rings. The first-order valence-electron chi connectivity index (χ1n) is 16.4. The number of H-pyrrole nitrogens is 1. The summed E-state index contributed by atoms with van der Waals surface area (Å²) in [4.78, 5) is 29.0. The minimum absolute atomic E-state index is 0.00194. The van der Waals surface area contributed by atoms with Gasteiger partial charge in [-0.15, -0.1) is 5.10 Å². The molecule has 0 radical (unpaired) electrons. The van der Waals surface area contributed by atoms with Gasteiger partial charge in [-0.1, -0.05) is 135 Å². The van der Waals surface area contributed by atoms with E-state index in [0.717, 1.165) is 29.7 Å². The van der Waals surface area contributed by atoms with Crippen LogP contribution in [0.5, 0.6) is 0 Å². The van der Waals surface area contributed by atoms with Gasteiger partial charge in [0.1, 0.15) is 11.6 Å². The number of amides is 1. The van der Waals surface area contributed by atoms with Crippen molar-refractivity contribution in [2.24, 2.45) is 0 Å². The number of nitrogens with one attached hydrogen (secondary N) is 2. The SMILES string of the molecule is CCCCCCCCCCCCCCCC(=O)NCCC(=O)OCc1cccc(-c2nc3c(Cl)c(C(C)(C)C)[nH]n3n2)c1. The molecule has 2 aromatic heterocycles. The molecule has 0 aliphatic heterocycles. The van der Waals surface area contributed by atoms with Crippen LogP contribution < -0.4 is 5.32 Å². The maximum Gasteiger partial charge on any atom is 0.307 e. The van der Waals surface area contributed by atoms with Crippen LogP contribution in [0.25, 0.3) is 17.0 Å².